The molecule has 0 saturated carbocycles. The van der Waals surface area contributed by atoms with E-state index in [2.05, 4.69) is 5.32 Å². The van der Waals surface area contributed by atoms with E-state index in [1.54, 1.807) is 24.3 Å². The van der Waals surface area contributed by atoms with Gasteiger partial charge in [-0.1, -0.05) is 72.8 Å². The quantitative estimate of drug-likeness (QED) is 0.151. The number of benzene rings is 3. The van der Waals surface area contributed by atoms with Crippen LogP contribution in [0.3, 0.4) is 0 Å². The van der Waals surface area contributed by atoms with Crippen LogP contribution in [0.1, 0.15) is 35.4 Å². The normalized spacial score (nSPS) is 11.6. The van der Waals surface area contributed by atoms with Crippen molar-refractivity contribution in [2.75, 3.05) is 13.1 Å². The van der Waals surface area contributed by atoms with E-state index in [4.69, 9.17) is 11.1 Å². The summed E-state index contributed by atoms with van der Waals surface area (Å²) in [7, 11) is 0. The standard InChI is InChI=1S/C28H32N4O4/c29-28(30)31-18-7-12-24(27(35)36)32(19-17-20-13-15-23(33)16-14-20)26(34)25(21-8-3-1-4-9-21)22-10-5-2-6-11-22/h1-6,8-11,13-16,24-25,33H,7,12,17-19H2,(H,35,36)(H4,29,30,31). The van der Waals surface area contributed by atoms with Gasteiger partial charge < -0.3 is 26.2 Å². The highest BCUT2D eigenvalue weighted by atomic mass is 16.4. The van der Waals surface area contributed by atoms with Gasteiger partial charge in [0.1, 0.15) is 11.8 Å². The van der Waals surface area contributed by atoms with Gasteiger partial charge in [0.25, 0.3) is 0 Å². The van der Waals surface area contributed by atoms with Crippen molar-refractivity contribution in [3.8, 4) is 5.75 Å². The first kappa shape index (κ1) is 26.3. The van der Waals surface area contributed by atoms with Gasteiger partial charge in [0.15, 0.2) is 5.96 Å². The highest BCUT2D eigenvalue weighted by molar-refractivity contribution is 5.90. The molecule has 0 spiro atoms. The topological polar surface area (TPSA) is 140 Å². The molecule has 8 heteroatoms. The Labute approximate surface area is 210 Å². The van der Waals surface area contributed by atoms with Crippen molar-refractivity contribution < 1.29 is 19.8 Å². The molecule has 0 radical (unpaired) electrons. The van der Waals surface area contributed by atoms with Gasteiger partial charge in [-0.3, -0.25) is 10.2 Å². The molecular weight excluding hydrogens is 456 g/mol. The number of nitrogens with one attached hydrogen (secondary N) is 2. The lowest BCUT2D eigenvalue weighted by molar-refractivity contribution is -0.151. The van der Waals surface area contributed by atoms with Gasteiger partial charge in [-0.05, 0) is 48.1 Å². The molecule has 0 aliphatic rings. The molecule has 0 fully saturated rings. The Hall–Kier alpha value is -4.33. The van der Waals surface area contributed by atoms with E-state index in [1.807, 2.05) is 60.7 Å². The molecule has 36 heavy (non-hydrogen) atoms. The van der Waals surface area contributed by atoms with Crippen LogP contribution in [-0.4, -0.2) is 52.1 Å². The van der Waals surface area contributed by atoms with Gasteiger partial charge in [0.05, 0.1) is 5.92 Å². The molecule has 0 aromatic heterocycles. The van der Waals surface area contributed by atoms with Crippen molar-refractivity contribution in [3.63, 3.8) is 0 Å². The van der Waals surface area contributed by atoms with Gasteiger partial charge in [0, 0.05) is 13.1 Å². The van der Waals surface area contributed by atoms with Crippen LogP contribution in [0.4, 0.5) is 0 Å². The lowest BCUT2D eigenvalue weighted by Gasteiger charge is -2.33. The summed E-state index contributed by atoms with van der Waals surface area (Å²) < 4.78 is 0. The van der Waals surface area contributed by atoms with Crippen molar-refractivity contribution in [2.45, 2.75) is 31.2 Å². The summed E-state index contributed by atoms with van der Waals surface area (Å²) in [4.78, 5) is 28.0. The first-order valence-electron chi connectivity index (χ1n) is 11.9. The lowest BCUT2D eigenvalue weighted by Crippen LogP contribution is -2.48. The van der Waals surface area contributed by atoms with Gasteiger partial charge >= 0.3 is 5.97 Å². The summed E-state index contributed by atoms with van der Waals surface area (Å²) in [5, 5.41) is 29.7. The highest BCUT2D eigenvalue weighted by Gasteiger charge is 2.34. The van der Waals surface area contributed by atoms with E-state index in [0.29, 0.717) is 19.4 Å². The molecule has 1 atom stereocenters. The van der Waals surface area contributed by atoms with Crippen molar-refractivity contribution >= 4 is 17.8 Å². The van der Waals surface area contributed by atoms with Crippen LogP contribution >= 0.6 is 0 Å². The average Bonchev–Trinajstić information content (AvgIpc) is 2.87. The minimum Gasteiger partial charge on any atom is -0.508 e. The molecule has 0 aliphatic heterocycles. The van der Waals surface area contributed by atoms with Crippen molar-refractivity contribution in [2.24, 2.45) is 5.73 Å². The number of aliphatic carboxylic acids is 1. The summed E-state index contributed by atoms with van der Waals surface area (Å²) in [6.07, 6.45) is 1.05. The molecule has 188 valence electrons. The number of phenols is 1. The second-order valence-electron chi connectivity index (χ2n) is 8.54. The molecule has 0 heterocycles. The molecule has 1 unspecified atom stereocenters. The number of nitrogens with zero attached hydrogens (tertiary/aromatic N) is 1. The van der Waals surface area contributed by atoms with Crippen LogP contribution in [0.25, 0.3) is 0 Å². The zero-order valence-corrected chi connectivity index (χ0v) is 20.0. The SMILES string of the molecule is N=C(N)NCCCC(C(=O)O)N(CCc1ccc(O)cc1)C(=O)C(c1ccccc1)c1ccccc1. The molecule has 3 rings (SSSR count). The molecule has 8 nitrogen and oxygen atoms in total. The number of amides is 1. The van der Waals surface area contributed by atoms with Crippen LogP contribution in [0.15, 0.2) is 84.9 Å². The fourth-order valence-corrected chi connectivity index (χ4v) is 4.20. The fraction of sp³-hybridized carbons (Fsp3) is 0.250. The first-order valence-corrected chi connectivity index (χ1v) is 11.9. The second kappa shape index (κ2) is 12.9. The van der Waals surface area contributed by atoms with E-state index in [0.717, 1.165) is 16.7 Å². The number of hydrogen-bond donors (Lipinski definition) is 5. The number of hydrogen-bond acceptors (Lipinski definition) is 4. The van der Waals surface area contributed by atoms with Gasteiger partial charge in [0.2, 0.25) is 5.91 Å². The maximum atomic E-state index is 14.2. The van der Waals surface area contributed by atoms with E-state index in [-0.39, 0.29) is 30.6 Å². The third-order valence-electron chi connectivity index (χ3n) is 6.00. The molecule has 0 bridgehead atoms. The Kier molecular flexibility index (Phi) is 9.45. The summed E-state index contributed by atoms with van der Waals surface area (Å²) >= 11 is 0. The fourth-order valence-electron chi connectivity index (χ4n) is 4.20. The number of rotatable bonds is 12. The number of phenolic OH excluding ortho intramolecular Hbond substituents is 1. The average molecular weight is 489 g/mol. The maximum absolute atomic E-state index is 14.2. The Bertz CT molecular complexity index is 1100. The number of carbonyl (C=O) groups is 2. The number of carboxylic acid groups (broad SMARTS) is 1. The molecule has 3 aromatic carbocycles. The highest BCUT2D eigenvalue weighted by Crippen LogP contribution is 2.28. The van der Waals surface area contributed by atoms with Gasteiger partial charge in [-0.2, -0.15) is 0 Å². The van der Waals surface area contributed by atoms with Crippen LogP contribution < -0.4 is 11.1 Å². The first-order chi connectivity index (χ1) is 17.4. The molecule has 3 aromatic rings. The Morgan fingerprint density at radius 1 is 0.917 bits per heavy atom. The van der Waals surface area contributed by atoms with E-state index < -0.39 is 17.9 Å². The van der Waals surface area contributed by atoms with Crippen molar-refractivity contribution in [1.82, 2.24) is 10.2 Å². The maximum Gasteiger partial charge on any atom is 0.326 e. The molecule has 0 saturated heterocycles. The van der Waals surface area contributed by atoms with E-state index in [1.165, 1.54) is 4.90 Å². The largest absolute Gasteiger partial charge is 0.508 e. The molecule has 1 amide bonds. The molecule has 6 N–H and O–H groups in total. The van der Waals surface area contributed by atoms with E-state index in [9.17, 15) is 19.8 Å². The molecular formula is C28H32N4O4. The molecule has 0 aliphatic carbocycles. The third-order valence-corrected chi connectivity index (χ3v) is 6.00. The number of guanidine groups is 1. The zero-order chi connectivity index (χ0) is 25.9. The third kappa shape index (κ3) is 7.33. The monoisotopic (exact) mass is 488 g/mol. The van der Waals surface area contributed by atoms with Crippen molar-refractivity contribution in [1.29, 1.82) is 5.41 Å². The summed E-state index contributed by atoms with van der Waals surface area (Å²) in [6, 6.07) is 24.3. The summed E-state index contributed by atoms with van der Waals surface area (Å²) in [5.41, 5.74) is 7.79. The van der Waals surface area contributed by atoms with E-state index >= 15 is 0 Å². The number of carbonyl (C=O) groups excluding carboxylic acids is 1. The van der Waals surface area contributed by atoms with Gasteiger partial charge in [-0.15, -0.1) is 0 Å². The summed E-state index contributed by atoms with van der Waals surface area (Å²) in [5.74, 6) is -2.09. The summed E-state index contributed by atoms with van der Waals surface area (Å²) in [6.45, 7) is 0.525. The van der Waals surface area contributed by atoms with Crippen LogP contribution in [0.5, 0.6) is 5.75 Å². The predicted octanol–water partition coefficient (Wildman–Crippen LogP) is 3.31. The lowest BCUT2D eigenvalue weighted by atomic mass is 9.89. The van der Waals surface area contributed by atoms with Gasteiger partial charge in [-0.25, -0.2) is 4.79 Å². The zero-order valence-electron chi connectivity index (χ0n) is 20.0. The van der Waals surface area contributed by atoms with Crippen LogP contribution in [0, 0.1) is 5.41 Å². The number of carboxylic acids is 1. The number of nitrogens with two attached hydrogens (primary N) is 1. The Balaban J connectivity index is 1.95. The van der Waals surface area contributed by atoms with Crippen LogP contribution in [-0.2, 0) is 16.0 Å². The van der Waals surface area contributed by atoms with Crippen molar-refractivity contribution in [3.05, 3.63) is 102 Å². The minimum absolute atomic E-state index is 0.140. The second-order valence-corrected chi connectivity index (χ2v) is 8.54. The Morgan fingerprint density at radius 2 is 1.47 bits per heavy atom. The smallest absolute Gasteiger partial charge is 0.326 e. The predicted molar refractivity (Wildman–Crippen MR) is 139 cm³/mol. The number of aromatic hydroxyl groups is 1. The Morgan fingerprint density at radius 3 is 1.97 bits per heavy atom. The van der Waals surface area contributed by atoms with Crippen LogP contribution in [0.2, 0.25) is 0 Å². The minimum atomic E-state index is -1.09.